The second-order valence-electron chi connectivity index (χ2n) is 4.87. The molecule has 1 saturated heterocycles. The number of halogens is 4. The summed E-state index contributed by atoms with van der Waals surface area (Å²) in [5, 5.41) is 2.45. The van der Waals surface area contributed by atoms with Gasteiger partial charge in [-0.15, -0.1) is 12.4 Å². The van der Waals surface area contributed by atoms with E-state index in [1.807, 2.05) is 0 Å². The molecule has 0 spiro atoms. The van der Waals surface area contributed by atoms with Crippen molar-refractivity contribution in [1.29, 1.82) is 0 Å². The average Bonchev–Trinajstić information content (AvgIpc) is 2.58. The molecule has 3 N–H and O–H groups in total. The number of nitrogens with two attached hydrogens (primary N) is 1. The molecule has 0 aliphatic carbocycles. The van der Waals surface area contributed by atoms with Crippen LogP contribution in [0.15, 0.2) is 0 Å². The fraction of sp³-hybridized carbons (Fsp3) is 0.818. The molecule has 0 saturated carbocycles. The number of alkyl halides is 3. The molecular weight excluding hydrogens is 299 g/mol. The Morgan fingerprint density at radius 3 is 2.50 bits per heavy atom. The average molecular weight is 318 g/mol. The molecular formula is C11H19ClF3N3O2. The molecule has 3 atom stereocenters. The lowest BCUT2D eigenvalue weighted by Crippen LogP contribution is -2.47. The number of likely N-dealkylation sites (tertiary alicyclic amines) is 1. The summed E-state index contributed by atoms with van der Waals surface area (Å²) in [5.74, 6) is -1.60. The molecule has 0 aromatic carbocycles. The maximum Gasteiger partial charge on any atom is 0.406 e. The third-order valence-corrected chi connectivity index (χ3v) is 3.19. The van der Waals surface area contributed by atoms with Gasteiger partial charge in [-0.2, -0.15) is 13.2 Å². The number of hydrogen-bond donors (Lipinski definition) is 2. The smallest absolute Gasteiger partial charge is 0.344 e. The quantitative estimate of drug-likeness (QED) is 0.800. The van der Waals surface area contributed by atoms with Gasteiger partial charge >= 0.3 is 6.18 Å². The van der Waals surface area contributed by atoms with Crippen LogP contribution >= 0.6 is 12.4 Å². The SMILES string of the molecule is CC(N)C(C)C(=O)NC1CCN(CC(F)(F)F)C1=O.Cl. The van der Waals surface area contributed by atoms with E-state index in [9.17, 15) is 22.8 Å². The highest BCUT2D eigenvalue weighted by Gasteiger charge is 2.40. The van der Waals surface area contributed by atoms with Gasteiger partial charge in [0.25, 0.3) is 0 Å². The molecule has 1 heterocycles. The van der Waals surface area contributed by atoms with E-state index in [0.29, 0.717) is 4.90 Å². The Morgan fingerprint density at radius 1 is 1.50 bits per heavy atom. The first kappa shape index (κ1) is 19.0. The predicted molar refractivity (Wildman–Crippen MR) is 69.2 cm³/mol. The Bertz CT molecular complexity index is 363. The second kappa shape index (κ2) is 7.12. The molecule has 1 aliphatic heterocycles. The van der Waals surface area contributed by atoms with Crippen molar-refractivity contribution in [3.05, 3.63) is 0 Å². The highest BCUT2D eigenvalue weighted by atomic mass is 35.5. The molecule has 20 heavy (non-hydrogen) atoms. The molecule has 0 aromatic rings. The summed E-state index contributed by atoms with van der Waals surface area (Å²) in [6.45, 7) is 1.97. The lowest BCUT2D eigenvalue weighted by atomic mass is 10.0. The van der Waals surface area contributed by atoms with E-state index in [2.05, 4.69) is 5.32 Å². The van der Waals surface area contributed by atoms with Crippen molar-refractivity contribution >= 4 is 24.2 Å². The number of carbonyl (C=O) groups is 2. The van der Waals surface area contributed by atoms with Gasteiger partial charge in [-0.25, -0.2) is 0 Å². The van der Waals surface area contributed by atoms with Crippen LogP contribution in [0.5, 0.6) is 0 Å². The standard InChI is InChI=1S/C11H18F3N3O2.ClH/c1-6(7(2)15)9(18)16-8-3-4-17(10(8)19)5-11(12,13)14;/h6-8H,3-5,15H2,1-2H3,(H,16,18);1H. The highest BCUT2D eigenvalue weighted by Crippen LogP contribution is 2.21. The summed E-state index contributed by atoms with van der Waals surface area (Å²) < 4.78 is 36.6. The third-order valence-electron chi connectivity index (χ3n) is 3.19. The van der Waals surface area contributed by atoms with Gasteiger partial charge < -0.3 is 16.0 Å². The lowest BCUT2D eigenvalue weighted by Gasteiger charge is -2.20. The molecule has 0 aromatic heterocycles. The molecule has 1 aliphatic rings. The number of nitrogens with one attached hydrogen (secondary N) is 1. The van der Waals surface area contributed by atoms with Crippen molar-refractivity contribution in [2.24, 2.45) is 11.7 Å². The fourth-order valence-electron chi connectivity index (χ4n) is 1.79. The lowest BCUT2D eigenvalue weighted by molar-refractivity contribution is -0.158. The van der Waals surface area contributed by atoms with Crippen LogP contribution < -0.4 is 11.1 Å². The third kappa shape index (κ3) is 5.16. The molecule has 1 fully saturated rings. The van der Waals surface area contributed by atoms with Gasteiger partial charge in [0, 0.05) is 18.5 Å². The van der Waals surface area contributed by atoms with Crippen molar-refractivity contribution in [3.63, 3.8) is 0 Å². The van der Waals surface area contributed by atoms with Gasteiger partial charge in [-0.05, 0) is 13.3 Å². The minimum Gasteiger partial charge on any atom is -0.344 e. The van der Waals surface area contributed by atoms with Crippen LogP contribution in [-0.4, -0.2) is 48.1 Å². The van der Waals surface area contributed by atoms with Gasteiger partial charge in [0.2, 0.25) is 11.8 Å². The largest absolute Gasteiger partial charge is 0.406 e. The van der Waals surface area contributed by atoms with E-state index in [1.165, 1.54) is 0 Å². The first-order valence-electron chi connectivity index (χ1n) is 6.03. The first-order chi connectivity index (χ1) is 8.61. The number of rotatable bonds is 4. The Morgan fingerprint density at radius 2 is 2.05 bits per heavy atom. The minimum atomic E-state index is -4.42. The number of amides is 2. The van der Waals surface area contributed by atoms with Crippen LogP contribution in [0.4, 0.5) is 13.2 Å². The van der Waals surface area contributed by atoms with E-state index < -0.39 is 36.5 Å². The van der Waals surface area contributed by atoms with Crippen molar-refractivity contribution in [2.75, 3.05) is 13.1 Å². The zero-order valence-corrected chi connectivity index (χ0v) is 12.1. The molecule has 5 nitrogen and oxygen atoms in total. The van der Waals surface area contributed by atoms with Crippen LogP contribution in [0.1, 0.15) is 20.3 Å². The monoisotopic (exact) mass is 317 g/mol. The van der Waals surface area contributed by atoms with E-state index in [1.54, 1.807) is 13.8 Å². The molecule has 0 radical (unpaired) electrons. The van der Waals surface area contributed by atoms with Crippen LogP contribution in [0, 0.1) is 5.92 Å². The molecule has 0 bridgehead atoms. The summed E-state index contributed by atoms with van der Waals surface area (Å²) in [4.78, 5) is 24.1. The topological polar surface area (TPSA) is 75.4 Å². The molecule has 1 rings (SSSR count). The maximum absolute atomic E-state index is 12.2. The maximum atomic E-state index is 12.2. The van der Waals surface area contributed by atoms with E-state index in [4.69, 9.17) is 5.73 Å². The van der Waals surface area contributed by atoms with Gasteiger partial charge in [-0.3, -0.25) is 9.59 Å². The fourth-order valence-corrected chi connectivity index (χ4v) is 1.79. The Kier molecular flexibility index (Phi) is 6.76. The van der Waals surface area contributed by atoms with Crippen molar-refractivity contribution in [1.82, 2.24) is 10.2 Å². The van der Waals surface area contributed by atoms with Crippen LogP contribution in [0.2, 0.25) is 0 Å². The van der Waals surface area contributed by atoms with Gasteiger partial charge in [-0.1, -0.05) is 6.92 Å². The zero-order valence-electron chi connectivity index (χ0n) is 11.2. The Labute approximate surface area is 121 Å². The van der Waals surface area contributed by atoms with E-state index >= 15 is 0 Å². The van der Waals surface area contributed by atoms with Gasteiger partial charge in [0.1, 0.15) is 12.6 Å². The summed E-state index contributed by atoms with van der Waals surface area (Å²) >= 11 is 0. The zero-order chi connectivity index (χ0) is 14.8. The van der Waals surface area contributed by atoms with Crippen LogP contribution in [0.25, 0.3) is 0 Å². The number of nitrogens with zero attached hydrogens (tertiary/aromatic N) is 1. The Balaban J connectivity index is 0.00000361. The number of carbonyl (C=O) groups excluding carboxylic acids is 2. The van der Waals surface area contributed by atoms with Gasteiger partial charge in [0.15, 0.2) is 0 Å². The molecule has 2 amide bonds. The second-order valence-corrected chi connectivity index (χ2v) is 4.87. The first-order valence-corrected chi connectivity index (χ1v) is 6.03. The normalized spacial score (nSPS) is 22.2. The van der Waals surface area contributed by atoms with Crippen molar-refractivity contribution < 1.29 is 22.8 Å². The molecule has 118 valence electrons. The molecule has 3 unspecified atom stereocenters. The van der Waals surface area contributed by atoms with Crippen LogP contribution in [-0.2, 0) is 9.59 Å². The van der Waals surface area contributed by atoms with E-state index in [0.717, 1.165) is 0 Å². The summed E-state index contributed by atoms with van der Waals surface area (Å²) in [5.41, 5.74) is 5.55. The highest BCUT2D eigenvalue weighted by molar-refractivity contribution is 5.90. The Hall–Kier alpha value is -1.02. The summed E-state index contributed by atoms with van der Waals surface area (Å²) in [6.07, 6.45) is -4.24. The minimum absolute atomic E-state index is 0. The van der Waals surface area contributed by atoms with Gasteiger partial charge in [0.05, 0.1) is 0 Å². The predicted octanol–water partition coefficient (Wildman–Crippen LogP) is 0.671. The summed E-state index contributed by atoms with van der Waals surface area (Å²) in [7, 11) is 0. The number of hydrogen-bond acceptors (Lipinski definition) is 3. The van der Waals surface area contributed by atoms with Crippen LogP contribution in [0.3, 0.4) is 0 Å². The van der Waals surface area contributed by atoms with Crippen molar-refractivity contribution in [2.45, 2.75) is 38.5 Å². The molecule has 9 heteroatoms. The van der Waals surface area contributed by atoms with Crippen molar-refractivity contribution in [3.8, 4) is 0 Å². The van der Waals surface area contributed by atoms with E-state index in [-0.39, 0.29) is 31.4 Å². The summed E-state index contributed by atoms with van der Waals surface area (Å²) in [6, 6.07) is -1.26.